The molecule has 1 heterocycles. The van der Waals surface area contributed by atoms with E-state index in [-0.39, 0.29) is 24.0 Å². The third-order valence-corrected chi connectivity index (χ3v) is 4.13. The molecule has 0 fully saturated rings. The number of benzene rings is 1. The van der Waals surface area contributed by atoms with Gasteiger partial charge >= 0.3 is 0 Å². The van der Waals surface area contributed by atoms with E-state index < -0.39 is 0 Å². The van der Waals surface area contributed by atoms with Crippen LogP contribution in [0, 0.1) is 6.92 Å². The largest absolute Gasteiger partial charge is 0.493 e. The van der Waals surface area contributed by atoms with E-state index in [0.29, 0.717) is 6.54 Å². The maximum Gasteiger partial charge on any atom is 0.191 e. The van der Waals surface area contributed by atoms with Crippen molar-refractivity contribution in [1.29, 1.82) is 0 Å². The van der Waals surface area contributed by atoms with Gasteiger partial charge in [-0.2, -0.15) is 5.10 Å². The Bertz CT molecular complexity index is 729. The van der Waals surface area contributed by atoms with E-state index >= 15 is 0 Å². The van der Waals surface area contributed by atoms with Crippen molar-refractivity contribution in [2.24, 2.45) is 12.0 Å². The number of nitrogens with one attached hydrogen (secondary N) is 2. The number of nitrogens with zero attached hydrogens (tertiary/aromatic N) is 3. The predicted molar refractivity (Wildman–Crippen MR) is 127 cm³/mol. The normalized spacial score (nSPS) is 11.1. The molecule has 0 saturated carbocycles. The van der Waals surface area contributed by atoms with E-state index in [1.54, 1.807) is 0 Å². The molecule has 156 valence electrons. The van der Waals surface area contributed by atoms with Crippen LogP contribution in [0.3, 0.4) is 0 Å². The van der Waals surface area contributed by atoms with E-state index in [1.807, 2.05) is 17.9 Å². The lowest BCUT2D eigenvalue weighted by atomic mass is 10.1. The van der Waals surface area contributed by atoms with Crippen molar-refractivity contribution in [3.05, 3.63) is 47.3 Å². The van der Waals surface area contributed by atoms with Crippen molar-refractivity contribution in [3.63, 3.8) is 0 Å². The summed E-state index contributed by atoms with van der Waals surface area (Å²) in [5.74, 6) is 1.78. The molecule has 0 bridgehead atoms. The molecule has 7 heteroatoms. The first-order valence-electron chi connectivity index (χ1n) is 9.84. The molecule has 2 N–H and O–H groups in total. The summed E-state index contributed by atoms with van der Waals surface area (Å²) >= 11 is 0. The molecule has 0 atom stereocenters. The van der Waals surface area contributed by atoms with Gasteiger partial charge in [0.05, 0.1) is 19.3 Å². The van der Waals surface area contributed by atoms with Crippen molar-refractivity contribution in [2.45, 2.75) is 46.6 Å². The third kappa shape index (κ3) is 8.50. The number of rotatable bonds is 10. The lowest BCUT2D eigenvalue weighted by molar-refractivity contribution is 0.314. The van der Waals surface area contributed by atoms with E-state index in [1.165, 1.54) is 11.1 Å². The molecule has 0 aliphatic heterocycles. The van der Waals surface area contributed by atoms with Crippen LogP contribution in [0.5, 0.6) is 5.75 Å². The third-order valence-electron chi connectivity index (χ3n) is 4.13. The van der Waals surface area contributed by atoms with Crippen LogP contribution in [0.25, 0.3) is 0 Å². The van der Waals surface area contributed by atoms with Gasteiger partial charge in [0.15, 0.2) is 5.96 Å². The first kappa shape index (κ1) is 24.3. The molecular weight excluding hydrogens is 465 g/mol. The molecule has 28 heavy (non-hydrogen) atoms. The number of halogens is 1. The van der Waals surface area contributed by atoms with Crippen molar-refractivity contribution in [1.82, 2.24) is 20.4 Å². The topological polar surface area (TPSA) is 63.5 Å². The Labute approximate surface area is 186 Å². The lowest BCUT2D eigenvalue weighted by Gasteiger charge is -2.13. The first-order chi connectivity index (χ1) is 13.1. The van der Waals surface area contributed by atoms with Crippen LogP contribution in [-0.2, 0) is 20.0 Å². The summed E-state index contributed by atoms with van der Waals surface area (Å²) in [7, 11) is 1.95. The molecule has 0 radical (unpaired) electrons. The number of guanidine groups is 1. The fourth-order valence-corrected chi connectivity index (χ4v) is 2.75. The Morgan fingerprint density at radius 3 is 2.75 bits per heavy atom. The van der Waals surface area contributed by atoms with Crippen LogP contribution in [-0.4, -0.2) is 35.4 Å². The van der Waals surface area contributed by atoms with Gasteiger partial charge in [-0.1, -0.05) is 19.1 Å². The van der Waals surface area contributed by atoms with Gasteiger partial charge < -0.3 is 15.4 Å². The molecule has 0 amide bonds. The van der Waals surface area contributed by atoms with Crippen LogP contribution in [0.2, 0.25) is 0 Å². The summed E-state index contributed by atoms with van der Waals surface area (Å²) in [6.07, 6.45) is 7.03. The molecule has 2 aromatic rings. The number of hydrogen-bond acceptors (Lipinski definition) is 3. The summed E-state index contributed by atoms with van der Waals surface area (Å²) in [6, 6.07) is 6.31. The van der Waals surface area contributed by atoms with Gasteiger partial charge in [-0.25, -0.2) is 4.99 Å². The van der Waals surface area contributed by atoms with Gasteiger partial charge in [0.2, 0.25) is 0 Å². The predicted octanol–water partition coefficient (Wildman–Crippen LogP) is 3.82. The highest BCUT2D eigenvalue weighted by molar-refractivity contribution is 14.0. The average molecular weight is 499 g/mol. The van der Waals surface area contributed by atoms with Crippen LogP contribution >= 0.6 is 24.0 Å². The van der Waals surface area contributed by atoms with Crippen LogP contribution in [0.4, 0.5) is 0 Å². The van der Waals surface area contributed by atoms with Gasteiger partial charge in [0.25, 0.3) is 0 Å². The summed E-state index contributed by atoms with van der Waals surface area (Å²) in [5.41, 5.74) is 3.58. The van der Waals surface area contributed by atoms with E-state index in [4.69, 9.17) is 9.73 Å². The minimum Gasteiger partial charge on any atom is -0.493 e. The number of aliphatic imine (C=N–C) groups is 1. The second-order valence-electron chi connectivity index (χ2n) is 6.71. The van der Waals surface area contributed by atoms with E-state index in [9.17, 15) is 0 Å². The zero-order chi connectivity index (χ0) is 19.5. The molecule has 6 nitrogen and oxygen atoms in total. The zero-order valence-corrected chi connectivity index (χ0v) is 19.8. The van der Waals surface area contributed by atoms with Crippen LogP contribution < -0.4 is 15.4 Å². The van der Waals surface area contributed by atoms with E-state index in [2.05, 4.69) is 60.9 Å². The van der Waals surface area contributed by atoms with Crippen LogP contribution in [0.15, 0.2) is 35.6 Å². The standard InChI is InChI=1S/C21H33N5O.HI/c1-5-12-27-20-13-17(3)9-10-19(20)15-24-21(22-6-2)23-11-7-8-18-14-25-26(4)16-18;/h9-10,13-14,16H,5-8,11-12,15H2,1-4H3,(H2,22,23,24);1H. The van der Waals surface area contributed by atoms with Crippen LogP contribution in [0.1, 0.15) is 43.4 Å². The van der Waals surface area contributed by atoms with Gasteiger partial charge in [0.1, 0.15) is 5.75 Å². The number of aromatic nitrogens is 2. The highest BCUT2D eigenvalue weighted by Crippen LogP contribution is 2.21. The summed E-state index contributed by atoms with van der Waals surface area (Å²) in [6.45, 7) is 9.31. The van der Waals surface area contributed by atoms with Crippen molar-refractivity contribution < 1.29 is 4.74 Å². The van der Waals surface area contributed by atoms with E-state index in [0.717, 1.165) is 56.2 Å². The Hall–Kier alpha value is -1.77. The smallest absolute Gasteiger partial charge is 0.191 e. The Morgan fingerprint density at radius 1 is 1.25 bits per heavy atom. The van der Waals surface area contributed by atoms with Gasteiger partial charge in [0, 0.05) is 31.9 Å². The minimum atomic E-state index is 0. The quantitative estimate of drug-likeness (QED) is 0.226. The number of hydrogen-bond donors (Lipinski definition) is 2. The average Bonchev–Trinajstić information content (AvgIpc) is 3.07. The summed E-state index contributed by atoms with van der Waals surface area (Å²) in [5, 5.41) is 10.9. The Morgan fingerprint density at radius 2 is 2.07 bits per heavy atom. The Balaban J connectivity index is 0.00000392. The van der Waals surface area contributed by atoms with Gasteiger partial charge in [-0.05, 0) is 50.3 Å². The minimum absolute atomic E-state index is 0. The molecule has 2 rings (SSSR count). The monoisotopic (exact) mass is 499 g/mol. The second kappa shape index (κ2) is 13.4. The molecule has 0 unspecified atom stereocenters. The fraction of sp³-hybridized carbons (Fsp3) is 0.524. The molecular formula is C21H34IN5O. The number of aryl methyl sites for hydroxylation is 3. The zero-order valence-electron chi connectivity index (χ0n) is 17.5. The van der Waals surface area contributed by atoms with Crippen molar-refractivity contribution >= 4 is 29.9 Å². The molecule has 1 aromatic carbocycles. The van der Waals surface area contributed by atoms with Gasteiger partial charge in [-0.15, -0.1) is 24.0 Å². The fourth-order valence-electron chi connectivity index (χ4n) is 2.75. The SMILES string of the molecule is CCCOc1cc(C)ccc1CN=C(NCC)NCCCc1cnn(C)c1.I. The highest BCUT2D eigenvalue weighted by Gasteiger charge is 2.05. The number of ether oxygens (including phenoxy) is 1. The molecule has 0 aliphatic rings. The molecule has 0 aliphatic carbocycles. The molecule has 0 spiro atoms. The molecule has 1 aromatic heterocycles. The summed E-state index contributed by atoms with van der Waals surface area (Å²) < 4.78 is 7.73. The summed E-state index contributed by atoms with van der Waals surface area (Å²) in [4.78, 5) is 4.73. The Kier molecular flexibility index (Phi) is 11.6. The van der Waals surface area contributed by atoms with Crippen molar-refractivity contribution in [3.8, 4) is 5.75 Å². The lowest BCUT2D eigenvalue weighted by Crippen LogP contribution is -2.37. The second-order valence-corrected chi connectivity index (χ2v) is 6.71. The maximum absolute atomic E-state index is 5.89. The molecule has 0 saturated heterocycles. The first-order valence-corrected chi connectivity index (χ1v) is 9.84. The highest BCUT2D eigenvalue weighted by atomic mass is 127. The van der Waals surface area contributed by atoms with Gasteiger partial charge in [-0.3, -0.25) is 4.68 Å². The van der Waals surface area contributed by atoms with Crippen molar-refractivity contribution in [2.75, 3.05) is 19.7 Å². The maximum atomic E-state index is 5.89.